The van der Waals surface area contributed by atoms with Crippen LogP contribution in [0.5, 0.6) is 0 Å². The van der Waals surface area contributed by atoms with Gasteiger partial charge in [-0.15, -0.1) is 0 Å². The molecule has 2 aliphatic rings. The Kier molecular flexibility index (Phi) is 7.19. The van der Waals surface area contributed by atoms with Crippen LogP contribution in [0, 0.1) is 16.0 Å². The third-order valence-electron chi connectivity index (χ3n) is 6.20. The van der Waals surface area contributed by atoms with Crippen molar-refractivity contribution in [3.8, 4) is 0 Å². The average molecular weight is 469 g/mol. The minimum atomic E-state index is -0.758. The zero-order valence-electron chi connectivity index (χ0n) is 19.1. The van der Waals surface area contributed by atoms with Crippen molar-refractivity contribution in [3.63, 3.8) is 0 Å². The summed E-state index contributed by atoms with van der Waals surface area (Å²) < 4.78 is 5.19. The van der Waals surface area contributed by atoms with Crippen molar-refractivity contribution < 1.29 is 19.2 Å². The molecule has 11 nitrogen and oxygen atoms in total. The maximum Gasteiger partial charge on any atom is 0.338 e. The number of carbonyl (C=O) groups excluding carboxylic acids is 2. The number of benzene rings is 1. The summed E-state index contributed by atoms with van der Waals surface area (Å²) in [5.41, 5.74) is 0.429. The van der Waals surface area contributed by atoms with E-state index >= 15 is 0 Å². The van der Waals surface area contributed by atoms with Gasteiger partial charge in [-0.3, -0.25) is 14.9 Å². The maximum absolute atomic E-state index is 12.5. The van der Waals surface area contributed by atoms with Crippen LogP contribution >= 0.6 is 0 Å². The van der Waals surface area contributed by atoms with Crippen LogP contribution in [-0.4, -0.2) is 77.5 Å². The highest BCUT2D eigenvalue weighted by molar-refractivity contribution is 5.93. The number of nitro benzene ring substituents is 1. The van der Waals surface area contributed by atoms with Crippen molar-refractivity contribution in [2.45, 2.75) is 19.8 Å². The number of rotatable bonds is 6. The van der Waals surface area contributed by atoms with E-state index in [2.05, 4.69) is 16.9 Å². The number of piperidine rings is 1. The number of piperazine rings is 1. The molecular weight excluding hydrogens is 440 g/mol. The molecule has 2 fully saturated rings. The van der Waals surface area contributed by atoms with Gasteiger partial charge in [-0.05, 0) is 37.0 Å². The second kappa shape index (κ2) is 10.4. The largest absolute Gasteiger partial charge is 0.452 e. The first-order valence-electron chi connectivity index (χ1n) is 11.4. The van der Waals surface area contributed by atoms with Crippen LogP contribution in [0.2, 0.25) is 0 Å². The summed E-state index contributed by atoms with van der Waals surface area (Å²) in [6.07, 6.45) is 5.40. The highest BCUT2D eigenvalue weighted by Crippen LogP contribution is 2.32. The summed E-state index contributed by atoms with van der Waals surface area (Å²) in [6.45, 7) is 5.26. The zero-order chi connectivity index (χ0) is 24.1. The molecule has 11 heteroatoms. The third-order valence-corrected chi connectivity index (χ3v) is 6.20. The van der Waals surface area contributed by atoms with E-state index < -0.39 is 17.5 Å². The van der Waals surface area contributed by atoms with E-state index in [9.17, 15) is 19.7 Å². The Bertz CT molecular complexity index is 1040. The molecule has 1 unspecified atom stereocenters. The van der Waals surface area contributed by atoms with Crippen molar-refractivity contribution in [2.24, 2.45) is 5.92 Å². The van der Waals surface area contributed by atoms with Crippen molar-refractivity contribution in [2.75, 3.05) is 55.7 Å². The lowest BCUT2D eigenvalue weighted by Gasteiger charge is -2.34. The first-order chi connectivity index (χ1) is 16.4. The van der Waals surface area contributed by atoms with Gasteiger partial charge in [0.25, 0.3) is 11.6 Å². The molecule has 0 radical (unpaired) electrons. The number of nitrogens with zero attached hydrogens (tertiary/aromatic N) is 6. The van der Waals surface area contributed by atoms with Crippen molar-refractivity contribution in [1.82, 2.24) is 14.9 Å². The highest BCUT2D eigenvalue weighted by atomic mass is 16.6. The van der Waals surface area contributed by atoms with Crippen molar-refractivity contribution in [3.05, 3.63) is 52.3 Å². The summed E-state index contributed by atoms with van der Waals surface area (Å²) in [5, 5.41) is 11.7. The van der Waals surface area contributed by atoms with Crippen LogP contribution in [0.15, 0.2) is 36.7 Å². The van der Waals surface area contributed by atoms with Crippen molar-refractivity contribution >= 4 is 29.2 Å². The van der Waals surface area contributed by atoms with Gasteiger partial charge in [-0.25, -0.2) is 14.8 Å². The molecule has 0 aliphatic carbocycles. The van der Waals surface area contributed by atoms with E-state index in [0.717, 1.165) is 25.9 Å². The lowest BCUT2D eigenvalue weighted by molar-refractivity contribution is -0.384. The van der Waals surface area contributed by atoms with E-state index in [4.69, 9.17) is 4.74 Å². The number of ether oxygens (including phenoxy) is 1. The smallest absolute Gasteiger partial charge is 0.338 e. The maximum atomic E-state index is 12.5. The highest BCUT2D eigenvalue weighted by Gasteiger charge is 2.27. The fraction of sp³-hybridized carbons (Fsp3) is 0.478. The molecule has 1 aromatic carbocycles. The van der Waals surface area contributed by atoms with E-state index in [1.54, 1.807) is 29.4 Å². The summed E-state index contributed by atoms with van der Waals surface area (Å²) in [4.78, 5) is 50.3. The van der Waals surface area contributed by atoms with Crippen LogP contribution in [-0.2, 0) is 9.53 Å². The Labute approximate surface area is 197 Å². The Morgan fingerprint density at radius 3 is 2.53 bits per heavy atom. The molecule has 3 heterocycles. The molecule has 34 heavy (non-hydrogen) atoms. The number of amides is 1. The molecule has 1 aromatic heterocycles. The standard InChI is InChI=1S/C23H28N6O5/c1-17-4-2-9-28(15-17)19-6-5-18(14-20(19)29(32)33)22(31)34-16-21(30)26-10-12-27(13-11-26)23-24-7-3-8-25-23/h3,5-8,14,17H,2,4,9-13,15-16H2,1H3. The van der Waals surface area contributed by atoms with Crippen LogP contribution in [0.3, 0.4) is 0 Å². The quantitative estimate of drug-likeness (QED) is 0.356. The Balaban J connectivity index is 1.33. The molecule has 0 spiro atoms. The van der Waals surface area contributed by atoms with Crippen LogP contribution in [0.1, 0.15) is 30.1 Å². The molecule has 180 valence electrons. The van der Waals surface area contributed by atoms with Gasteiger partial charge in [-0.1, -0.05) is 6.92 Å². The lowest BCUT2D eigenvalue weighted by Crippen LogP contribution is -2.50. The molecule has 1 atom stereocenters. The number of carbonyl (C=O) groups is 2. The Morgan fingerprint density at radius 1 is 1.12 bits per heavy atom. The van der Waals surface area contributed by atoms with Gasteiger partial charge in [0.2, 0.25) is 5.95 Å². The summed E-state index contributed by atoms with van der Waals surface area (Å²) in [5.74, 6) is -0.00193. The van der Waals surface area contributed by atoms with Gasteiger partial charge in [0.15, 0.2) is 6.61 Å². The summed E-state index contributed by atoms with van der Waals surface area (Å²) in [7, 11) is 0. The van der Waals surface area contributed by atoms with Gasteiger partial charge < -0.3 is 19.4 Å². The van der Waals surface area contributed by atoms with Crippen molar-refractivity contribution in [1.29, 1.82) is 0 Å². The number of hydrogen-bond donors (Lipinski definition) is 0. The predicted molar refractivity (Wildman–Crippen MR) is 125 cm³/mol. The molecule has 2 aromatic rings. The number of anilines is 2. The molecule has 0 bridgehead atoms. The van der Waals surface area contributed by atoms with Gasteiger partial charge in [0.05, 0.1) is 10.5 Å². The molecule has 1 amide bonds. The number of nitro groups is 1. The lowest BCUT2D eigenvalue weighted by atomic mass is 9.99. The van der Waals surface area contributed by atoms with Gasteiger partial charge in [-0.2, -0.15) is 0 Å². The molecule has 2 saturated heterocycles. The summed E-state index contributed by atoms with van der Waals surface area (Å²) in [6, 6.07) is 6.10. The molecule has 4 rings (SSSR count). The monoisotopic (exact) mass is 468 g/mol. The van der Waals surface area contributed by atoms with E-state index in [-0.39, 0.29) is 17.2 Å². The van der Waals surface area contributed by atoms with E-state index in [1.807, 2.05) is 9.80 Å². The number of hydrogen-bond acceptors (Lipinski definition) is 9. The van der Waals surface area contributed by atoms with Gasteiger partial charge >= 0.3 is 5.97 Å². The minimum absolute atomic E-state index is 0.0550. The fourth-order valence-electron chi connectivity index (χ4n) is 4.38. The second-order valence-electron chi connectivity index (χ2n) is 8.65. The first-order valence-corrected chi connectivity index (χ1v) is 11.4. The normalized spacial score (nSPS) is 18.5. The average Bonchev–Trinajstić information content (AvgIpc) is 2.87. The van der Waals surface area contributed by atoms with E-state index in [1.165, 1.54) is 12.1 Å². The number of esters is 1. The predicted octanol–water partition coefficient (Wildman–Crippen LogP) is 2.13. The first kappa shape index (κ1) is 23.4. The SMILES string of the molecule is CC1CCCN(c2ccc(C(=O)OCC(=O)N3CCN(c4ncccn4)CC3)cc2[N+](=O)[O-])C1. The Morgan fingerprint density at radius 2 is 1.85 bits per heavy atom. The van der Waals surface area contributed by atoms with Gasteiger partial charge in [0, 0.05) is 57.7 Å². The fourth-order valence-corrected chi connectivity index (χ4v) is 4.38. The molecule has 0 saturated carbocycles. The third kappa shape index (κ3) is 5.41. The number of aromatic nitrogens is 2. The van der Waals surface area contributed by atoms with Gasteiger partial charge in [0.1, 0.15) is 5.69 Å². The molecule has 0 N–H and O–H groups in total. The second-order valence-corrected chi connectivity index (χ2v) is 8.65. The van der Waals surface area contributed by atoms with E-state index in [0.29, 0.717) is 43.7 Å². The van der Waals surface area contributed by atoms with Crippen LogP contribution < -0.4 is 9.80 Å². The topological polar surface area (TPSA) is 122 Å². The van der Waals surface area contributed by atoms with Crippen LogP contribution in [0.25, 0.3) is 0 Å². The molecule has 2 aliphatic heterocycles. The zero-order valence-corrected chi connectivity index (χ0v) is 19.1. The minimum Gasteiger partial charge on any atom is -0.452 e. The van der Waals surface area contributed by atoms with Crippen LogP contribution in [0.4, 0.5) is 17.3 Å². The summed E-state index contributed by atoms with van der Waals surface area (Å²) >= 11 is 0. The Hall–Kier alpha value is -3.76. The molecular formula is C23H28N6O5.